The summed E-state index contributed by atoms with van der Waals surface area (Å²) in [4.78, 5) is 11.1. The summed E-state index contributed by atoms with van der Waals surface area (Å²) in [5.41, 5.74) is 7.02. The van der Waals surface area contributed by atoms with Crippen molar-refractivity contribution in [2.75, 3.05) is 36.8 Å². The number of nitrogens with zero attached hydrogens (tertiary/aromatic N) is 3. The number of nitrogen functional groups attached to an aromatic ring is 1. The minimum Gasteiger partial charge on any atom is -0.368 e. The van der Waals surface area contributed by atoms with Crippen molar-refractivity contribution in [2.24, 2.45) is 0 Å². The number of aromatic nitrogens is 2. The smallest absolute Gasteiger partial charge is 0.222 e. The summed E-state index contributed by atoms with van der Waals surface area (Å²) in [5, 5.41) is 3.35. The van der Waals surface area contributed by atoms with Gasteiger partial charge in [0.05, 0.1) is 5.69 Å². The third-order valence-electron chi connectivity index (χ3n) is 3.96. The molecule has 1 saturated heterocycles. The highest BCUT2D eigenvalue weighted by atomic mass is 15.2. The van der Waals surface area contributed by atoms with Crippen LogP contribution in [-0.4, -0.2) is 36.1 Å². The molecule has 0 amide bonds. The lowest BCUT2D eigenvalue weighted by Gasteiger charge is -2.29. The predicted molar refractivity (Wildman–Crippen MR) is 72.7 cm³/mol. The van der Waals surface area contributed by atoms with E-state index in [1.807, 2.05) is 0 Å². The molecule has 0 radical (unpaired) electrons. The Bertz CT molecular complexity index is 408. The van der Waals surface area contributed by atoms with Crippen LogP contribution < -0.4 is 16.0 Å². The maximum absolute atomic E-state index is 5.87. The van der Waals surface area contributed by atoms with Gasteiger partial charge in [0.15, 0.2) is 0 Å². The van der Waals surface area contributed by atoms with Crippen LogP contribution in [0.25, 0.3) is 0 Å². The molecule has 0 bridgehead atoms. The highest BCUT2D eigenvalue weighted by Gasteiger charge is 2.21. The Morgan fingerprint density at radius 2 is 1.89 bits per heavy atom. The maximum atomic E-state index is 5.87. The lowest BCUT2D eigenvalue weighted by atomic mass is 10.0. The topological polar surface area (TPSA) is 67.1 Å². The quantitative estimate of drug-likeness (QED) is 0.820. The number of hydrogen-bond acceptors (Lipinski definition) is 5. The van der Waals surface area contributed by atoms with Crippen molar-refractivity contribution in [1.82, 2.24) is 15.3 Å². The van der Waals surface area contributed by atoms with Gasteiger partial charge in [0.2, 0.25) is 5.95 Å². The molecule has 98 valence electrons. The number of anilines is 2. The molecule has 5 heteroatoms. The summed E-state index contributed by atoms with van der Waals surface area (Å²) in [6, 6.07) is 2.15. The van der Waals surface area contributed by atoms with Crippen LogP contribution >= 0.6 is 0 Å². The first-order valence-electron chi connectivity index (χ1n) is 6.93. The molecule has 0 spiro atoms. The molecule has 3 N–H and O–H groups in total. The van der Waals surface area contributed by atoms with Crippen molar-refractivity contribution in [2.45, 2.75) is 31.6 Å². The van der Waals surface area contributed by atoms with E-state index in [0.29, 0.717) is 11.9 Å². The van der Waals surface area contributed by atoms with Crippen LogP contribution in [0.3, 0.4) is 0 Å². The van der Waals surface area contributed by atoms with Crippen LogP contribution in [0.2, 0.25) is 0 Å². The van der Waals surface area contributed by atoms with E-state index in [9.17, 15) is 0 Å². The van der Waals surface area contributed by atoms with Crippen LogP contribution in [0.4, 0.5) is 11.8 Å². The number of nitrogens with one attached hydrogen (secondary N) is 1. The van der Waals surface area contributed by atoms with Crippen LogP contribution in [-0.2, 0) is 0 Å². The molecule has 1 aromatic rings. The van der Waals surface area contributed by atoms with Crippen molar-refractivity contribution in [3.8, 4) is 0 Å². The molecular formula is C13H21N5. The molecule has 0 atom stereocenters. The van der Waals surface area contributed by atoms with Gasteiger partial charge in [-0.2, -0.15) is 4.98 Å². The molecule has 1 aromatic heterocycles. The molecule has 2 fully saturated rings. The molecule has 1 aliphatic heterocycles. The Morgan fingerprint density at radius 3 is 2.61 bits per heavy atom. The van der Waals surface area contributed by atoms with Crippen LogP contribution in [0, 0.1) is 0 Å². The summed E-state index contributed by atoms with van der Waals surface area (Å²) >= 11 is 0. The number of nitrogens with two attached hydrogens (primary N) is 1. The summed E-state index contributed by atoms with van der Waals surface area (Å²) in [6.45, 7) is 4.03. The lowest BCUT2D eigenvalue weighted by molar-refractivity contribution is 0.583. The molecule has 0 aromatic carbocycles. The minimum atomic E-state index is 0.424. The Kier molecular flexibility index (Phi) is 3.32. The molecule has 0 unspecified atom stereocenters. The van der Waals surface area contributed by atoms with Gasteiger partial charge < -0.3 is 16.0 Å². The van der Waals surface area contributed by atoms with Gasteiger partial charge in [-0.05, 0) is 12.8 Å². The summed E-state index contributed by atoms with van der Waals surface area (Å²) in [6.07, 6.45) is 5.13. The van der Waals surface area contributed by atoms with Gasteiger partial charge in [0.25, 0.3) is 0 Å². The number of rotatable bonds is 2. The van der Waals surface area contributed by atoms with Gasteiger partial charge in [-0.15, -0.1) is 0 Å². The first-order chi connectivity index (χ1) is 8.83. The van der Waals surface area contributed by atoms with Crippen molar-refractivity contribution in [1.29, 1.82) is 0 Å². The summed E-state index contributed by atoms with van der Waals surface area (Å²) in [5.74, 6) is 2.02. The van der Waals surface area contributed by atoms with E-state index in [1.165, 1.54) is 25.7 Å². The minimum absolute atomic E-state index is 0.424. The van der Waals surface area contributed by atoms with E-state index in [4.69, 9.17) is 5.73 Å². The van der Waals surface area contributed by atoms with Crippen LogP contribution in [0.1, 0.15) is 37.3 Å². The molecule has 3 rings (SSSR count). The molecular weight excluding hydrogens is 226 g/mol. The highest BCUT2D eigenvalue weighted by Crippen LogP contribution is 2.34. The fraction of sp³-hybridized carbons (Fsp3) is 0.692. The number of piperazine rings is 1. The van der Waals surface area contributed by atoms with E-state index in [-0.39, 0.29) is 0 Å². The van der Waals surface area contributed by atoms with Gasteiger partial charge >= 0.3 is 0 Å². The SMILES string of the molecule is Nc1nc(C2CCCC2)cc(N2CCNCC2)n1. The standard InChI is InChI=1S/C13H21N5/c14-13-16-11(10-3-1-2-4-10)9-12(17-13)18-7-5-15-6-8-18/h9-10,15H,1-8H2,(H2,14,16,17). The zero-order valence-electron chi connectivity index (χ0n) is 10.7. The van der Waals surface area contributed by atoms with Crippen molar-refractivity contribution in [3.05, 3.63) is 11.8 Å². The highest BCUT2D eigenvalue weighted by molar-refractivity contribution is 5.44. The monoisotopic (exact) mass is 247 g/mol. The van der Waals surface area contributed by atoms with E-state index >= 15 is 0 Å². The maximum Gasteiger partial charge on any atom is 0.222 e. The lowest BCUT2D eigenvalue weighted by Crippen LogP contribution is -2.44. The Morgan fingerprint density at radius 1 is 1.17 bits per heavy atom. The third-order valence-corrected chi connectivity index (χ3v) is 3.96. The molecule has 18 heavy (non-hydrogen) atoms. The van der Waals surface area contributed by atoms with E-state index in [2.05, 4.69) is 26.3 Å². The Balaban J connectivity index is 1.84. The molecule has 2 aliphatic rings. The van der Waals surface area contributed by atoms with Crippen LogP contribution in [0.15, 0.2) is 6.07 Å². The number of hydrogen-bond donors (Lipinski definition) is 2. The molecule has 1 saturated carbocycles. The van der Waals surface area contributed by atoms with E-state index in [0.717, 1.165) is 37.7 Å². The second-order valence-corrected chi connectivity index (χ2v) is 5.23. The molecule has 1 aliphatic carbocycles. The van der Waals surface area contributed by atoms with Gasteiger partial charge in [0, 0.05) is 38.2 Å². The fourth-order valence-corrected chi connectivity index (χ4v) is 2.96. The zero-order valence-corrected chi connectivity index (χ0v) is 10.7. The predicted octanol–water partition coefficient (Wildman–Crippen LogP) is 1.13. The average molecular weight is 247 g/mol. The van der Waals surface area contributed by atoms with Gasteiger partial charge in [-0.3, -0.25) is 0 Å². The summed E-state index contributed by atoms with van der Waals surface area (Å²) in [7, 11) is 0. The molecule has 5 nitrogen and oxygen atoms in total. The first kappa shape index (κ1) is 11.7. The Hall–Kier alpha value is -1.36. The fourth-order valence-electron chi connectivity index (χ4n) is 2.96. The van der Waals surface area contributed by atoms with E-state index in [1.54, 1.807) is 0 Å². The normalized spacial score (nSPS) is 21.4. The Labute approximate surface area is 108 Å². The van der Waals surface area contributed by atoms with E-state index < -0.39 is 0 Å². The van der Waals surface area contributed by atoms with Gasteiger partial charge in [-0.25, -0.2) is 4.98 Å². The zero-order chi connectivity index (χ0) is 12.4. The van der Waals surface area contributed by atoms with Gasteiger partial charge in [0.1, 0.15) is 5.82 Å². The second kappa shape index (κ2) is 5.10. The molecule has 2 heterocycles. The van der Waals surface area contributed by atoms with Crippen molar-refractivity contribution >= 4 is 11.8 Å². The van der Waals surface area contributed by atoms with Crippen LogP contribution in [0.5, 0.6) is 0 Å². The van der Waals surface area contributed by atoms with Crippen molar-refractivity contribution in [3.63, 3.8) is 0 Å². The second-order valence-electron chi connectivity index (χ2n) is 5.23. The summed E-state index contributed by atoms with van der Waals surface area (Å²) < 4.78 is 0. The third kappa shape index (κ3) is 2.41. The van der Waals surface area contributed by atoms with Gasteiger partial charge in [-0.1, -0.05) is 12.8 Å². The first-order valence-corrected chi connectivity index (χ1v) is 6.93. The van der Waals surface area contributed by atoms with Crippen molar-refractivity contribution < 1.29 is 0 Å². The largest absolute Gasteiger partial charge is 0.368 e. The average Bonchev–Trinajstić information content (AvgIpc) is 2.93.